The summed E-state index contributed by atoms with van der Waals surface area (Å²) in [5.74, 6) is -0.0656. The van der Waals surface area contributed by atoms with Crippen molar-refractivity contribution >= 4 is 11.6 Å². The molecule has 1 aromatic carbocycles. The molecule has 0 aliphatic carbocycles. The maximum Gasteiger partial charge on any atom is 0.274 e. The molecular weight excluding hydrogens is 264 g/mol. The van der Waals surface area contributed by atoms with Crippen molar-refractivity contribution in [2.24, 2.45) is 0 Å². The predicted octanol–water partition coefficient (Wildman–Crippen LogP) is 2.72. The van der Waals surface area contributed by atoms with Crippen LogP contribution in [-0.4, -0.2) is 33.7 Å². The molecule has 5 nitrogen and oxygen atoms in total. The van der Waals surface area contributed by atoms with Gasteiger partial charge in [0.15, 0.2) is 5.69 Å². The van der Waals surface area contributed by atoms with Crippen molar-refractivity contribution in [2.75, 3.05) is 12.8 Å². The van der Waals surface area contributed by atoms with Crippen LogP contribution in [-0.2, 0) is 0 Å². The van der Waals surface area contributed by atoms with Crippen LogP contribution in [0.3, 0.4) is 0 Å². The minimum atomic E-state index is -0.0656. The van der Waals surface area contributed by atoms with Gasteiger partial charge in [0, 0.05) is 19.3 Å². The van der Waals surface area contributed by atoms with E-state index in [1.54, 1.807) is 21.8 Å². The molecule has 21 heavy (non-hydrogen) atoms. The third-order valence-electron chi connectivity index (χ3n) is 3.68. The Morgan fingerprint density at radius 2 is 2.10 bits per heavy atom. The molecule has 0 spiro atoms. The Labute approximate surface area is 125 Å². The van der Waals surface area contributed by atoms with Crippen LogP contribution in [0.4, 0.5) is 5.69 Å². The van der Waals surface area contributed by atoms with Crippen LogP contribution in [0.2, 0.25) is 0 Å². The molecule has 5 heteroatoms. The number of carbonyl (C=O) groups is 1. The molecule has 2 aromatic rings. The normalized spacial score (nSPS) is 12.1. The molecule has 2 N–H and O–H groups in total. The van der Waals surface area contributed by atoms with Gasteiger partial charge in [-0.1, -0.05) is 25.5 Å². The minimum Gasteiger partial charge on any atom is -0.397 e. The standard InChI is InChI=1S/C16H22N4O/c1-4-7-12(2)19(3)16(21)14-10-11-20(18-14)15-9-6-5-8-13(15)17/h5-6,8-12H,4,7,17H2,1-3H3. The summed E-state index contributed by atoms with van der Waals surface area (Å²) in [7, 11) is 1.82. The Hall–Kier alpha value is -2.30. The molecule has 1 amide bonds. The molecule has 1 unspecified atom stereocenters. The number of hydrogen-bond acceptors (Lipinski definition) is 3. The van der Waals surface area contributed by atoms with E-state index in [0.717, 1.165) is 18.5 Å². The highest BCUT2D eigenvalue weighted by molar-refractivity contribution is 5.92. The number of hydrogen-bond donors (Lipinski definition) is 1. The van der Waals surface area contributed by atoms with E-state index in [1.165, 1.54) is 0 Å². The van der Waals surface area contributed by atoms with Gasteiger partial charge in [-0.2, -0.15) is 5.10 Å². The van der Waals surface area contributed by atoms with E-state index in [9.17, 15) is 4.79 Å². The molecular formula is C16H22N4O. The van der Waals surface area contributed by atoms with Crippen molar-refractivity contribution in [3.63, 3.8) is 0 Å². The molecule has 0 saturated heterocycles. The van der Waals surface area contributed by atoms with Gasteiger partial charge in [-0.3, -0.25) is 4.79 Å². The fourth-order valence-electron chi connectivity index (χ4n) is 2.26. The number of carbonyl (C=O) groups excluding carboxylic acids is 1. The molecule has 1 aromatic heterocycles. The van der Waals surface area contributed by atoms with Crippen molar-refractivity contribution < 1.29 is 4.79 Å². The number of aromatic nitrogens is 2. The summed E-state index contributed by atoms with van der Waals surface area (Å²) < 4.78 is 1.64. The van der Waals surface area contributed by atoms with E-state index in [-0.39, 0.29) is 11.9 Å². The van der Waals surface area contributed by atoms with Crippen LogP contribution in [0.25, 0.3) is 5.69 Å². The van der Waals surface area contributed by atoms with Gasteiger partial charge in [-0.15, -0.1) is 0 Å². The lowest BCUT2D eigenvalue weighted by Crippen LogP contribution is -2.35. The number of nitrogens with zero attached hydrogens (tertiary/aromatic N) is 3. The van der Waals surface area contributed by atoms with Crippen LogP contribution in [0.5, 0.6) is 0 Å². The second-order valence-corrected chi connectivity index (χ2v) is 5.26. The molecule has 0 fully saturated rings. The summed E-state index contributed by atoms with van der Waals surface area (Å²) in [6, 6.07) is 9.38. The van der Waals surface area contributed by atoms with Crippen LogP contribution >= 0.6 is 0 Å². The second-order valence-electron chi connectivity index (χ2n) is 5.26. The Kier molecular flexibility index (Phi) is 4.62. The highest BCUT2D eigenvalue weighted by Gasteiger charge is 2.19. The molecule has 112 valence electrons. The number of amides is 1. The van der Waals surface area contributed by atoms with Gasteiger partial charge in [0.2, 0.25) is 0 Å². The van der Waals surface area contributed by atoms with E-state index in [0.29, 0.717) is 11.4 Å². The largest absolute Gasteiger partial charge is 0.397 e. The lowest BCUT2D eigenvalue weighted by atomic mass is 10.1. The molecule has 1 atom stereocenters. The summed E-state index contributed by atoms with van der Waals surface area (Å²) in [6.07, 6.45) is 3.79. The molecule has 1 heterocycles. The minimum absolute atomic E-state index is 0.0656. The van der Waals surface area contributed by atoms with E-state index in [1.807, 2.05) is 38.2 Å². The third-order valence-corrected chi connectivity index (χ3v) is 3.68. The van der Waals surface area contributed by atoms with Gasteiger partial charge in [0.25, 0.3) is 5.91 Å². The zero-order valence-corrected chi connectivity index (χ0v) is 12.8. The van der Waals surface area contributed by atoms with Crippen LogP contribution in [0, 0.1) is 0 Å². The average molecular weight is 286 g/mol. The summed E-state index contributed by atoms with van der Waals surface area (Å²) in [5.41, 5.74) is 7.77. The first-order valence-corrected chi connectivity index (χ1v) is 7.22. The van der Waals surface area contributed by atoms with Gasteiger partial charge in [-0.25, -0.2) is 4.68 Å². The first kappa shape index (κ1) is 15.1. The maximum atomic E-state index is 12.4. The lowest BCUT2D eigenvalue weighted by molar-refractivity contribution is 0.0730. The molecule has 0 aliphatic rings. The number of rotatable bonds is 5. The third kappa shape index (κ3) is 3.24. The Morgan fingerprint density at radius 1 is 1.38 bits per heavy atom. The first-order valence-electron chi connectivity index (χ1n) is 7.22. The fourth-order valence-corrected chi connectivity index (χ4v) is 2.26. The zero-order chi connectivity index (χ0) is 15.4. The highest BCUT2D eigenvalue weighted by atomic mass is 16.2. The summed E-state index contributed by atoms with van der Waals surface area (Å²) in [5, 5.41) is 4.35. The maximum absolute atomic E-state index is 12.4. The average Bonchev–Trinajstić information content (AvgIpc) is 2.96. The van der Waals surface area contributed by atoms with Crippen LogP contribution in [0.1, 0.15) is 37.2 Å². The van der Waals surface area contributed by atoms with E-state index in [4.69, 9.17) is 5.73 Å². The van der Waals surface area contributed by atoms with Crippen LogP contribution in [0.15, 0.2) is 36.5 Å². The number of para-hydroxylation sites is 2. The van der Waals surface area contributed by atoms with Crippen LogP contribution < -0.4 is 5.73 Å². The topological polar surface area (TPSA) is 64.2 Å². The van der Waals surface area contributed by atoms with Gasteiger partial charge >= 0.3 is 0 Å². The zero-order valence-electron chi connectivity index (χ0n) is 12.8. The van der Waals surface area contributed by atoms with Crippen molar-refractivity contribution in [1.29, 1.82) is 0 Å². The fraction of sp³-hybridized carbons (Fsp3) is 0.375. The van der Waals surface area contributed by atoms with E-state index in [2.05, 4.69) is 12.0 Å². The smallest absolute Gasteiger partial charge is 0.274 e. The quantitative estimate of drug-likeness (QED) is 0.859. The number of nitrogen functional groups attached to an aromatic ring is 1. The number of anilines is 1. The molecule has 0 radical (unpaired) electrons. The molecule has 0 aliphatic heterocycles. The lowest BCUT2D eigenvalue weighted by Gasteiger charge is -2.23. The van der Waals surface area contributed by atoms with Gasteiger partial charge < -0.3 is 10.6 Å². The van der Waals surface area contributed by atoms with E-state index >= 15 is 0 Å². The Bertz CT molecular complexity index is 620. The highest BCUT2D eigenvalue weighted by Crippen LogP contribution is 2.16. The molecule has 2 rings (SSSR count). The molecule has 0 bridgehead atoms. The van der Waals surface area contributed by atoms with Gasteiger partial charge in [0.1, 0.15) is 0 Å². The van der Waals surface area contributed by atoms with E-state index < -0.39 is 0 Å². The first-order chi connectivity index (χ1) is 10.0. The van der Waals surface area contributed by atoms with Gasteiger partial charge in [0.05, 0.1) is 11.4 Å². The van der Waals surface area contributed by atoms with Crippen molar-refractivity contribution in [1.82, 2.24) is 14.7 Å². The number of benzene rings is 1. The van der Waals surface area contributed by atoms with Crippen molar-refractivity contribution in [3.8, 4) is 5.69 Å². The Balaban J connectivity index is 2.20. The summed E-state index contributed by atoms with van der Waals surface area (Å²) >= 11 is 0. The SMILES string of the molecule is CCCC(C)N(C)C(=O)c1ccn(-c2ccccc2N)n1. The Morgan fingerprint density at radius 3 is 2.76 bits per heavy atom. The van der Waals surface area contributed by atoms with Crippen molar-refractivity contribution in [3.05, 3.63) is 42.2 Å². The van der Waals surface area contributed by atoms with Gasteiger partial charge in [-0.05, 0) is 31.5 Å². The summed E-state index contributed by atoms with van der Waals surface area (Å²) in [4.78, 5) is 14.1. The summed E-state index contributed by atoms with van der Waals surface area (Å²) in [6.45, 7) is 4.16. The predicted molar refractivity (Wildman–Crippen MR) is 84.4 cm³/mol. The molecule has 0 saturated carbocycles. The monoisotopic (exact) mass is 286 g/mol. The van der Waals surface area contributed by atoms with Crippen molar-refractivity contribution in [2.45, 2.75) is 32.7 Å². The second kappa shape index (κ2) is 6.43. The number of nitrogens with two attached hydrogens (primary N) is 1.